The normalized spacial score (nSPS) is 12.6. The molecule has 0 aromatic heterocycles. The first-order chi connectivity index (χ1) is 9.60. The molecule has 0 aliphatic rings. The number of hydrogen-bond acceptors (Lipinski definition) is 3. The molecule has 0 radical (unpaired) electrons. The van der Waals surface area contributed by atoms with E-state index in [0.29, 0.717) is 0 Å². The summed E-state index contributed by atoms with van der Waals surface area (Å²) in [6.07, 6.45) is -0.641. The van der Waals surface area contributed by atoms with Crippen LogP contribution in [-0.4, -0.2) is 34.2 Å². The van der Waals surface area contributed by atoms with E-state index in [4.69, 9.17) is 9.84 Å². The van der Waals surface area contributed by atoms with Gasteiger partial charge in [-0.25, -0.2) is 4.79 Å². The van der Waals surface area contributed by atoms with E-state index in [1.165, 1.54) is 4.90 Å². The summed E-state index contributed by atoms with van der Waals surface area (Å²) in [4.78, 5) is 24.5. The Morgan fingerprint density at radius 1 is 1.38 bits per heavy atom. The molecule has 1 unspecified atom stereocenters. The van der Waals surface area contributed by atoms with Crippen LogP contribution in [0.15, 0.2) is 28.7 Å². The van der Waals surface area contributed by atoms with Gasteiger partial charge in [0.1, 0.15) is 12.1 Å². The highest BCUT2D eigenvalue weighted by atomic mass is 79.9. The number of carboxylic acids is 1. The van der Waals surface area contributed by atoms with E-state index in [0.717, 1.165) is 10.0 Å². The van der Waals surface area contributed by atoms with Gasteiger partial charge in [0, 0.05) is 4.47 Å². The summed E-state index contributed by atoms with van der Waals surface area (Å²) >= 11 is 3.37. The molecule has 0 heterocycles. The van der Waals surface area contributed by atoms with Gasteiger partial charge in [-0.2, -0.15) is 0 Å². The van der Waals surface area contributed by atoms with Crippen molar-refractivity contribution in [3.63, 3.8) is 0 Å². The van der Waals surface area contributed by atoms with Gasteiger partial charge in [-0.1, -0.05) is 28.1 Å². The molecule has 1 aromatic rings. The fourth-order valence-corrected chi connectivity index (χ4v) is 2.19. The summed E-state index contributed by atoms with van der Waals surface area (Å²) < 4.78 is 6.15. The molecule has 0 bridgehead atoms. The van der Waals surface area contributed by atoms with Gasteiger partial charge < -0.3 is 9.84 Å². The monoisotopic (exact) mass is 357 g/mol. The number of carbonyl (C=O) groups excluding carboxylic acids is 1. The van der Waals surface area contributed by atoms with E-state index in [-0.39, 0.29) is 0 Å². The largest absolute Gasteiger partial charge is 0.480 e. The molecule has 5 nitrogen and oxygen atoms in total. The third-order valence-electron chi connectivity index (χ3n) is 2.73. The maximum absolute atomic E-state index is 12.2. The first kappa shape index (κ1) is 17.5. The standard InChI is InChI=1S/C15H20BrNO4/c1-10(11-6-5-7-12(16)8-11)17(9-13(18)19)14(20)21-15(2,3)4/h5-8,10H,9H2,1-4H3,(H,18,19). The number of carbonyl (C=O) groups is 2. The lowest BCUT2D eigenvalue weighted by Crippen LogP contribution is -2.41. The molecule has 0 spiro atoms. The number of nitrogens with zero attached hydrogens (tertiary/aromatic N) is 1. The van der Waals surface area contributed by atoms with Crippen LogP contribution in [0.5, 0.6) is 0 Å². The van der Waals surface area contributed by atoms with Crippen LogP contribution in [0.2, 0.25) is 0 Å². The summed E-state index contributed by atoms with van der Waals surface area (Å²) in [5.74, 6) is -1.08. The summed E-state index contributed by atoms with van der Waals surface area (Å²) in [6, 6.07) is 6.99. The molecule has 21 heavy (non-hydrogen) atoms. The predicted octanol–water partition coefficient (Wildman–Crippen LogP) is 3.83. The fourth-order valence-electron chi connectivity index (χ4n) is 1.77. The molecule has 6 heteroatoms. The lowest BCUT2D eigenvalue weighted by atomic mass is 10.1. The Bertz CT molecular complexity index is 525. The summed E-state index contributed by atoms with van der Waals surface area (Å²) in [5, 5.41) is 9.02. The Kier molecular flexibility index (Phi) is 5.78. The summed E-state index contributed by atoms with van der Waals surface area (Å²) in [7, 11) is 0. The van der Waals surface area contributed by atoms with Crippen LogP contribution < -0.4 is 0 Å². The third kappa shape index (κ3) is 5.75. The first-order valence-corrected chi connectivity index (χ1v) is 7.36. The van der Waals surface area contributed by atoms with Gasteiger partial charge in [-0.3, -0.25) is 9.69 Å². The average Bonchev–Trinajstić information content (AvgIpc) is 2.32. The quantitative estimate of drug-likeness (QED) is 0.888. The molecular formula is C15H20BrNO4. The minimum absolute atomic E-state index is 0.409. The van der Waals surface area contributed by atoms with Gasteiger partial charge in [0.05, 0.1) is 6.04 Å². The van der Waals surface area contributed by atoms with Crippen molar-refractivity contribution in [3.8, 4) is 0 Å². The minimum Gasteiger partial charge on any atom is -0.480 e. The van der Waals surface area contributed by atoms with Gasteiger partial charge >= 0.3 is 12.1 Å². The SMILES string of the molecule is CC(c1cccc(Br)c1)N(CC(=O)O)C(=O)OC(C)(C)C. The third-order valence-corrected chi connectivity index (χ3v) is 3.23. The number of aliphatic carboxylic acids is 1. The van der Waals surface area contributed by atoms with Crippen molar-refractivity contribution in [1.29, 1.82) is 0 Å². The topological polar surface area (TPSA) is 66.8 Å². The molecule has 1 aromatic carbocycles. The van der Waals surface area contributed by atoms with E-state index >= 15 is 0 Å². The van der Waals surface area contributed by atoms with Crippen molar-refractivity contribution in [3.05, 3.63) is 34.3 Å². The van der Waals surface area contributed by atoms with Gasteiger partial charge in [-0.15, -0.1) is 0 Å². The Morgan fingerprint density at radius 3 is 2.48 bits per heavy atom. The number of amides is 1. The number of ether oxygens (including phenoxy) is 1. The highest BCUT2D eigenvalue weighted by Gasteiger charge is 2.28. The van der Waals surface area contributed by atoms with Crippen molar-refractivity contribution < 1.29 is 19.4 Å². The number of carboxylic acid groups (broad SMARTS) is 1. The van der Waals surface area contributed by atoms with Crippen molar-refractivity contribution in [1.82, 2.24) is 4.90 Å². The van der Waals surface area contributed by atoms with E-state index in [1.807, 2.05) is 24.3 Å². The lowest BCUT2D eigenvalue weighted by Gasteiger charge is -2.31. The fraction of sp³-hybridized carbons (Fsp3) is 0.467. The second kappa shape index (κ2) is 6.93. The minimum atomic E-state index is -1.08. The molecule has 0 aliphatic carbocycles. The van der Waals surface area contributed by atoms with E-state index < -0.39 is 30.3 Å². The van der Waals surface area contributed by atoms with Crippen molar-refractivity contribution in [2.24, 2.45) is 0 Å². The number of hydrogen-bond donors (Lipinski definition) is 1. The van der Waals surface area contributed by atoms with Crippen LogP contribution in [0.25, 0.3) is 0 Å². The zero-order valence-corrected chi connectivity index (χ0v) is 14.2. The smallest absolute Gasteiger partial charge is 0.411 e. The Labute approximate surface area is 133 Å². The second-order valence-electron chi connectivity index (χ2n) is 5.73. The second-order valence-corrected chi connectivity index (χ2v) is 6.65. The summed E-state index contributed by atoms with van der Waals surface area (Å²) in [6.45, 7) is 6.59. The van der Waals surface area contributed by atoms with Gasteiger partial charge in [0.15, 0.2) is 0 Å². The number of rotatable bonds is 4. The Balaban J connectivity index is 3.01. The zero-order chi connectivity index (χ0) is 16.2. The highest BCUT2D eigenvalue weighted by molar-refractivity contribution is 9.10. The van der Waals surface area contributed by atoms with Crippen LogP contribution in [0.4, 0.5) is 4.79 Å². The van der Waals surface area contributed by atoms with Crippen LogP contribution in [-0.2, 0) is 9.53 Å². The van der Waals surface area contributed by atoms with Crippen LogP contribution in [0.1, 0.15) is 39.3 Å². The first-order valence-electron chi connectivity index (χ1n) is 6.57. The predicted molar refractivity (Wildman–Crippen MR) is 83.1 cm³/mol. The molecular weight excluding hydrogens is 338 g/mol. The maximum Gasteiger partial charge on any atom is 0.411 e. The van der Waals surface area contributed by atoms with Crippen LogP contribution in [0, 0.1) is 0 Å². The van der Waals surface area contributed by atoms with Crippen LogP contribution in [0.3, 0.4) is 0 Å². The van der Waals surface area contributed by atoms with Gasteiger partial charge in [0.2, 0.25) is 0 Å². The molecule has 1 rings (SSSR count). The van der Waals surface area contributed by atoms with E-state index in [1.54, 1.807) is 27.7 Å². The van der Waals surface area contributed by atoms with Crippen LogP contribution >= 0.6 is 15.9 Å². The van der Waals surface area contributed by atoms with E-state index in [9.17, 15) is 9.59 Å². The molecule has 0 fully saturated rings. The summed E-state index contributed by atoms with van der Waals surface area (Å²) in [5.41, 5.74) is 0.154. The number of halogens is 1. The lowest BCUT2D eigenvalue weighted by molar-refractivity contribution is -0.138. The van der Waals surface area contributed by atoms with Gasteiger partial charge in [0.25, 0.3) is 0 Å². The zero-order valence-electron chi connectivity index (χ0n) is 12.6. The van der Waals surface area contributed by atoms with Crippen molar-refractivity contribution in [2.45, 2.75) is 39.3 Å². The molecule has 1 atom stereocenters. The maximum atomic E-state index is 12.2. The molecule has 0 saturated carbocycles. The Morgan fingerprint density at radius 2 is 2.00 bits per heavy atom. The molecule has 0 saturated heterocycles. The highest BCUT2D eigenvalue weighted by Crippen LogP contribution is 2.25. The van der Waals surface area contributed by atoms with E-state index in [2.05, 4.69) is 15.9 Å². The average molecular weight is 358 g/mol. The molecule has 1 amide bonds. The van der Waals surface area contributed by atoms with Crippen molar-refractivity contribution >= 4 is 28.0 Å². The van der Waals surface area contributed by atoms with Crippen molar-refractivity contribution in [2.75, 3.05) is 6.54 Å². The molecule has 0 aliphatic heterocycles. The Hall–Kier alpha value is -1.56. The molecule has 116 valence electrons. The number of benzene rings is 1. The molecule has 1 N–H and O–H groups in total. The van der Waals surface area contributed by atoms with Gasteiger partial charge in [-0.05, 0) is 45.4 Å².